The molecule has 4 nitrogen and oxygen atoms in total. The maximum absolute atomic E-state index is 12.6. The summed E-state index contributed by atoms with van der Waals surface area (Å²) in [7, 11) is 1.29. The lowest BCUT2D eigenvalue weighted by Gasteiger charge is -2.19. The molecule has 1 aliphatic rings. The van der Waals surface area contributed by atoms with E-state index in [9.17, 15) is 14.4 Å². The lowest BCUT2D eigenvalue weighted by molar-refractivity contribution is -0.139. The number of carbonyl (C=O) groups is 3. The lowest BCUT2D eigenvalue weighted by atomic mass is 9.81. The van der Waals surface area contributed by atoms with Crippen LogP contribution in [0, 0.1) is 0 Å². The highest BCUT2D eigenvalue weighted by Gasteiger charge is 2.31. The van der Waals surface area contributed by atoms with Crippen LogP contribution in [0.15, 0.2) is 42.5 Å². The Balaban J connectivity index is 2.19. The Morgan fingerprint density at radius 3 is 2.19 bits per heavy atom. The molecule has 0 saturated carbocycles. The first-order chi connectivity index (χ1) is 10.1. The topological polar surface area (TPSA) is 60.4 Å². The normalized spacial score (nSPS) is 12.6. The quantitative estimate of drug-likeness (QED) is 0.675. The van der Waals surface area contributed by atoms with Gasteiger partial charge in [-0.2, -0.15) is 0 Å². The van der Waals surface area contributed by atoms with Gasteiger partial charge in [-0.1, -0.05) is 42.5 Å². The van der Waals surface area contributed by atoms with Gasteiger partial charge in [0.25, 0.3) is 0 Å². The van der Waals surface area contributed by atoms with Gasteiger partial charge in [-0.05, 0) is 5.56 Å². The molecule has 0 aromatic heterocycles. The van der Waals surface area contributed by atoms with Crippen molar-refractivity contribution in [3.8, 4) is 0 Å². The Labute approximate surface area is 121 Å². The average Bonchev–Trinajstić information content (AvgIpc) is 2.52. The van der Waals surface area contributed by atoms with Gasteiger partial charge in [0.05, 0.1) is 13.5 Å². The van der Waals surface area contributed by atoms with Crippen molar-refractivity contribution in [2.45, 2.75) is 6.42 Å². The molecular formula is C17H12O4. The minimum Gasteiger partial charge on any atom is -0.469 e. The molecule has 1 aliphatic carbocycles. The SMILES string of the molecule is COC(=O)Cc1cccc2c1C(=O)c1ccccc1C2=O. The third-order valence-electron chi connectivity index (χ3n) is 3.60. The molecule has 3 rings (SSSR count). The van der Waals surface area contributed by atoms with Gasteiger partial charge < -0.3 is 4.74 Å². The zero-order valence-electron chi connectivity index (χ0n) is 11.4. The Morgan fingerprint density at radius 1 is 0.905 bits per heavy atom. The van der Waals surface area contributed by atoms with Crippen LogP contribution in [-0.2, 0) is 16.0 Å². The van der Waals surface area contributed by atoms with Crippen LogP contribution in [0.2, 0.25) is 0 Å². The molecule has 0 radical (unpaired) electrons. The summed E-state index contributed by atoms with van der Waals surface area (Å²) >= 11 is 0. The monoisotopic (exact) mass is 280 g/mol. The first-order valence-corrected chi connectivity index (χ1v) is 6.50. The van der Waals surface area contributed by atoms with Gasteiger partial charge in [-0.15, -0.1) is 0 Å². The van der Waals surface area contributed by atoms with Crippen molar-refractivity contribution in [1.29, 1.82) is 0 Å². The van der Waals surface area contributed by atoms with Gasteiger partial charge in [-0.25, -0.2) is 0 Å². The smallest absolute Gasteiger partial charge is 0.310 e. The van der Waals surface area contributed by atoms with Crippen molar-refractivity contribution < 1.29 is 19.1 Å². The van der Waals surface area contributed by atoms with Crippen LogP contribution in [0.5, 0.6) is 0 Å². The molecule has 21 heavy (non-hydrogen) atoms. The van der Waals surface area contributed by atoms with Gasteiger partial charge in [0.15, 0.2) is 11.6 Å². The summed E-state index contributed by atoms with van der Waals surface area (Å²) in [6.45, 7) is 0. The molecule has 0 amide bonds. The average molecular weight is 280 g/mol. The fraction of sp³-hybridized carbons (Fsp3) is 0.118. The second kappa shape index (κ2) is 4.98. The van der Waals surface area contributed by atoms with Gasteiger partial charge >= 0.3 is 5.97 Å². The molecule has 0 atom stereocenters. The van der Waals surface area contributed by atoms with Crippen LogP contribution in [0.4, 0.5) is 0 Å². The maximum Gasteiger partial charge on any atom is 0.310 e. The first kappa shape index (κ1) is 13.2. The van der Waals surface area contributed by atoms with Crippen molar-refractivity contribution in [3.05, 3.63) is 70.3 Å². The fourth-order valence-corrected chi connectivity index (χ4v) is 2.59. The third-order valence-corrected chi connectivity index (χ3v) is 3.60. The minimum absolute atomic E-state index is 0.0269. The van der Waals surface area contributed by atoms with Crippen LogP contribution < -0.4 is 0 Å². The Morgan fingerprint density at radius 2 is 1.52 bits per heavy atom. The number of ether oxygens (including phenoxy) is 1. The summed E-state index contributed by atoms with van der Waals surface area (Å²) < 4.78 is 4.64. The molecule has 0 aliphatic heterocycles. The van der Waals surface area contributed by atoms with Crippen molar-refractivity contribution in [2.24, 2.45) is 0 Å². The highest BCUT2D eigenvalue weighted by atomic mass is 16.5. The predicted octanol–water partition coefficient (Wildman–Crippen LogP) is 2.18. The van der Waals surface area contributed by atoms with E-state index in [1.807, 2.05) is 0 Å². The minimum atomic E-state index is -0.442. The van der Waals surface area contributed by atoms with Crippen molar-refractivity contribution in [2.75, 3.05) is 7.11 Å². The van der Waals surface area contributed by atoms with E-state index in [0.717, 1.165) is 0 Å². The number of methoxy groups -OCH3 is 1. The molecule has 2 aromatic rings. The Bertz CT molecular complexity index is 774. The molecule has 0 bridgehead atoms. The number of esters is 1. The van der Waals surface area contributed by atoms with E-state index in [0.29, 0.717) is 27.8 Å². The van der Waals surface area contributed by atoms with Crippen molar-refractivity contribution in [3.63, 3.8) is 0 Å². The molecular weight excluding hydrogens is 268 g/mol. The maximum atomic E-state index is 12.6. The second-order valence-corrected chi connectivity index (χ2v) is 4.80. The highest BCUT2D eigenvalue weighted by molar-refractivity contribution is 6.29. The number of carbonyl (C=O) groups excluding carboxylic acids is 3. The van der Waals surface area contributed by atoms with Crippen LogP contribution >= 0.6 is 0 Å². The number of rotatable bonds is 2. The van der Waals surface area contributed by atoms with Crippen molar-refractivity contribution >= 4 is 17.5 Å². The summed E-state index contributed by atoms with van der Waals surface area (Å²) in [4.78, 5) is 36.6. The summed E-state index contributed by atoms with van der Waals surface area (Å²) in [5.74, 6) is -0.853. The fourth-order valence-electron chi connectivity index (χ4n) is 2.59. The Hall–Kier alpha value is -2.75. The summed E-state index contributed by atoms with van der Waals surface area (Å²) in [5.41, 5.74) is 1.97. The predicted molar refractivity (Wildman–Crippen MR) is 75.5 cm³/mol. The van der Waals surface area contributed by atoms with Gasteiger partial charge in [0.1, 0.15) is 0 Å². The van der Waals surface area contributed by atoms with Crippen LogP contribution in [0.1, 0.15) is 37.4 Å². The number of ketones is 2. The molecule has 0 heterocycles. The standard InChI is InChI=1S/C17H12O4/c1-21-14(18)9-10-5-4-8-13-15(10)17(20)12-7-3-2-6-11(12)16(13)19/h2-8H,9H2,1H3. The molecule has 0 N–H and O–H groups in total. The van der Waals surface area contributed by atoms with Gasteiger partial charge in [-0.3, -0.25) is 14.4 Å². The Kier molecular flexibility index (Phi) is 3.14. The van der Waals surface area contributed by atoms with E-state index < -0.39 is 5.97 Å². The van der Waals surface area contributed by atoms with Gasteiger partial charge in [0.2, 0.25) is 0 Å². The van der Waals surface area contributed by atoms with E-state index in [1.165, 1.54) is 7.11 Å². The van der Waals surface area contributed by atoms with Crippen LogP contribution in [0.25, 0.3) is 0 Å². The summed E-state index contributed by atoms with van der Waals surface area (Å²) in [6.07, 6.45) is -0.0269. The van der Waals surface area contributed by atoms with Crippen LogP contribution in [-0.4, -0.2) is 24.6 Å². The second-order valence-electron chi connectivity index (χ2n) is 4.80. The van der Waals surface area contributed by atoms with E-state index in [1.54, 1.807) is 42.5 Å². The van der Waals surface area contributed by atoms with Gasteiger partial charge in [0, 0.05) is 22.3 Å². The number of hydrogen-bond donors (Lipinski definition) is 0. The molecule has 4 heteroatoms. The van der Waals surface area contributed by atoms with Crippen molar-refractivity contribution in [1.82, 2.24) is 0 Å². The van der Waals surface area contributed by atoms with E-state index in [4.69, 9.17) is 0 Å². The molecule has 0 spiro atoms. The summed E-state index contributed by atoms with van der Waals surface area (Å²) in [6, 6.07) is 11.7. The highest BCUT2D eigenvalue weighted by Crippen LogP contribution is 2.29. The third kappa shape index (κ3) is 2.05. The molecule has 2 aromatic carbocycles. The number of benzene rings is 2. The molecule has 0 saturated heterocycles. The molecule has 104 valence electrons. The zero-order valence-corrected chi connectivity index (χ0v) is 11.4. The molecule has 0 fully saturated rings. The number of hydrogen-bond acceptors (Lipinski definition) is 4. The number of fused-ring (bicyclic) bond motifs is 2. The van der Waals surface area contributed by atoms with E-state index >= 15 is 0 Å². The van der Waals surface area contributed by atoms with E-state index in [2.05, 4.69) is 4.74 Å². The largest absolute Gasteiger partial charge is 0.469 e. The van der Waals surface area contributed by atoms with Crippen LogP contribution in [0.3, 0.4) is 0 Å². The van der Waals surface area contributed by atoms with E-state index in [-0.39, 0.29) is 18.0 Å². The zero-order chi connectivity index (χ0) is 15.0. The first-order valence-electron chi connectivity index (χ1n) is 6.50. The lowest BCUT2D eigenvalue weighted by Crippen LogP contribution is -2.23. The summed E-state index contributed by atoms with van der Waals surface area (Å²) in [5, 5.41) is 0. The molecule has 0 unspecified atom stereocenters.